The molecule has 0 radical (unpaired) electrons. The predicted octanol–water partition coefficient (Wildman–Crippen LogP) is 4.42. The molecule has 0 fully saturated rings. The molecule has 0 atom stereocenters. The minimum Gasteiger partial charge on any atom is -0.493 e. The minimum atomic E-state index is -0.549. The second-order valence-corrected chi connectivity index (χ2v) is 7.20. The van der Waals surface area contributed by atoms with Gasteiger partial charge in [0.15, 0.2) is 5.75 Å². The Morgan fingerprint density at radius 2 is 2.04 bits per heavy atom. The summed E-state index contributed by atoms with van der Waals surface area (Å²) in [5, 5.41) is 11.2. The van der Waals surface area contributed by atoms with E-state index >= 15 is 0 Å². The average Bonchev–Trinajstić information content (AvgIpc) is 3.46. The van der Waals surface area contributed by atoms with Crippen LogP contribution in [0.1, 0.15) is 16.2 Å². The van der Waals surface area contributed by atoms with Gasteiger partial charge in [0.2, 0.25) is 5.69 Å². The van der Waals surface area contributed by atoms with Crippen LogP contribution in [-0.2, 0) is 11.3 Å². The van der Waals surface area contributed by atoms with Crippen molar-refractivity contribution in [3.8, 4) is 22.0 Å². The van der Waals surface area contributed by atoms with Crippen LogP contribution in [0.25, 0.3) is 16.3 Å². The third-order valence-corrected chi connectivity index (χ3v) is 5.41. The first-order valence-electron chi connectivity index (χ1n) is 8.08. The van der Waals surface area contributed by atoms with Crippen molar-refractivity contribution >= 4 is 28.6 Å². The maximum atomic E-state index is 12.5. The maximum absolute atomic E-state index is 12.5. The summed E-state index contributed by atoms with van der Waals surface area (Å²) in [7, 11) is 1.50. The number of aromatic nitrogens is 3. The molecule has 0 aliphatic heterocycles. The van der Waals surface area contributed by atoms with Crippen LogP contribution in [0.4, 0.5) is 0 Å². The maximum Gasteiger partial charge on any atom is 0.363 e. The van der Waals surface area contributed by atoms with Crippen LogP contribution >= 0.6 is 22.7 Å². The molecule has 0 bridgehead atoms. The van der Waals surface area contributed by atoms with Gasteiger partial charge in [0.1, 0.15) is 11.6 Å². The third-order valence-electron chi connectivity index (χ3n) is 3.79. The first-order valence-corrected chi connectivity index (χ1v) is 9.90. The van der Waals surface area contributed by atoms with E-state index in [0.29, 0.717) is 11.4 Å². The highest BCUT2D eigenvalue weighted by atomic mass is 32.1. The molecular formula is C19H15N3O3S2. The van der Waals surface area contributed by atoms with Gasteiger partial charge in [0.25, 0.3) is 0 Å². The van der Waals surface area contributed by atoms with E-state index in [0.717, 1.165) is 16.3 Å². The van der Waals surface area contributed by atoms with E-state index in [-0.39, 0.29) is 12.3 Å². The number of thiophene rings is 1. The molecular weight excluding hydrogens is 382 g/mol. The molecule has 0 amide bonds. The number of hydrogen-bond donors (Lipinski definition) is 0. The fourth-order valence-electron chi connectivity index (χ4n) is 2.46. The summed E-state index contributed by atoms with van der Waals surface area (Å²) in [6.45, 7) is 0.0841. The molecule has 6 nitrogen and oxygen atoms in total. The van der Waals surface area contributed by atoms with Crippen LogP contribution in [-0.4, -0.2) is 27.8 Å². The van der Waals surface area contributed by atoms with Crippen molar-refractivity contribution in [1.82, 2.24) is 14.8 Å². The predicted molar refractivity (Wildman–Crippen MR) is 105 cm³/mol. The summed E-state index contributed by atoms with van der Waals surface area (Å²) in [4.78, 5) is 17.0. The zero-order chi connectivity index (χ0) is 18.6. The number of esters is 1. The number of nitrogens with zero attached hydrogens (tertiary/aromatic N) is 3. The Hall–Kier alpha value is -2.97. The van der Waals surface area contributed by atoms with Gasteiger partial charge in [-0.3, -0.25) is 0 Å². The number of hydrogen-bond acceptors (Lipinski definition) is 7. The Bertz CT molecular complexity index is 1040. The van der Waals surface area contributed by atoms with Gasteiger partial charge in [-0.05, 0) is 23.6 Å². The zero-order valence-electron chi connectivity index (χ0n) is 14.4. The van der Waals surface area contributed by atoms with E-state index in [1.165, 1.54) is 18.4 Å². The molecule has 0 aliphatic rings. The molecule has 0 aliphatic carbocycles. The molecule has 0 N–H and O–H groups in total. The van der Waals surface area contributed by atoms with E-state index in [9.17, 15) is 4.79 Å². The summed E-state index contributed by atoms with van der Waals surface area (Å²) in [5.41, 5.74) is 2.74. The quantitative estimate of drug-likeness (QED) is 0.451. The third kappa shape index (κ3) is 3.76. The molecule has 4 rings (SSSR count). The van der Waals surface area contributed by atoms with Crippen molar-refractivity contribution in [2.45, 2.75) is 6.61 Å². The Kier molecular flexibility index (Phi) is 4.99. The van der Waals surface area contributed by atoms with E-state index in [1.807, 2.05) is 52.5 Å². The normalized spacial score (nSPS) is 10.7. The zero-order valence-corrected chi connectivity index (χ0v) is 16.0. The van der Waals surface area contributed by atoms with Crippen LogP contribution < -0.4 is 4.74 Å². The van der Waals surface area contributed by atoms with E-state index in [1.54, 1.807) is 22.2 Å². The highest BCUT2D eigenvalue weighted by Crippen LogP contribution is 2.26. The lowest BCUT2D eigenvalue weighted by molar-refractivity contribution is 0.0457. The summed E-state index contributed by atoms with van der Waals surface area (Å²) in [6, 6.07) is 11.5. The van der Waals surface area contributed by atoms with Gasteiger partial charge in [-0.25, -0.2) is 14.5 Å². The molecule has 4 aromatic rings. The van der Waals surface area contributed by atoms with Crippen molar-refractivity contribution in [3.05, 3.63) is 70.1 Å². The van der Waals surface area contributed by atoms with Crippen molar-refractivity contribution in [2.75, 3.05) is 7.11 Å². The first-order chi connectivity index (χ1) is 13.2. The lowest BCUT2D eigenvalue weighted by Gasteiger charge is -2.02. The molecule has 1 aromatic carbocycles. The topological polar surface area (TPSA) is 66.2 Å². The SMILES string of the molecule is COc1cn(-c2ccccc2)nc1C(=O)OCc1csc(-c2ccsc2)n1. The van der Waals surface area contributed by atoms with Gasteiger partial charge in [0, 0.05) is 16.3 Å². The number of para-hydroxylation sites is 1. The number of carbonyl (C=O) groups excluding carboxylic acids is 1. The van der Waals surface area contributed by atoms with Gasteiger partial charge >= 0.3 is 5.97 Å². The molecule has 27 heavy (non-hydrogen) atoms. The second kappa shape index (κ2) is 7.73. The lowest BCUT2D eigenvalue weighted by Crippen LogP contribution is -2.08. The molecule has 0 saturated heterocycles. The Labute approximate surface area is 163 Å². The Morgan fingerprint density at radius 3 is 2.78 bits per heavy atom. The summed E-state index contributed by atoms with van der Waals surface area (Å²) < 4.78 is 12.3. The van der Waals surface area contributed by atoms with Crippen LogP contribution in [0.2, 0.25) is 0 Å². The standard InChI is InChI=1S/C19H15N3O3S2/c1-24-16-9-22(15-5-3-2-4-6-15)21-17(16)19(23)25-10-14-12-27-18(20-14)13-7-8-26-11-13/h2-9,11-12H,10H2,1H3. The van der Waals surface area contributed by atoms with Gasteiger partial charge in [-0.1, -0.05) is 18.2 Å². The van der Waals surface area contributed by atoms with Crippen molar-refractivity contribution in [1.29, 1.82) is 0 Å². The van der Waals surface area contributed by atoms with Gasteiger partial charge in [-0.2, -0.15) is 16.4 Å². The average molecular weight is 397 g/mol. The molecule has 3 heterocycles. The van der Waals surface area contributed by atoms with E-state index in [4.69, 9.17) is 9.47 Å². The second-order valence-electron chi connectivity index (χ2n) is 5.56. The monoisotopic (exact) mass is 397 g/mol. The first kappa shape index (κ1) is 17.4. The minimum absolute atomic E-state index is 0.0841. The fourth-order valence-corrected chi connectivity index (χ4v) is 3.98. The molecule has 136 valence electrons. The highest BCUT2D eigenvalue weighted by Gasteiger charge is 2.20. The van der Waals surface area contributed by atoms with Crippen molar-refractivity contribution in [3.63, 3.8) is 0 Å². The van der Waals surface area contributed by atoms with E-state index in [2.05, 4.69) is 10.1 Å². The number of methoxy groups -OCH3 is 1. The van der Waals surface area contributed by atoms with Gasteiger partial charge in [0.05, 0.1) is 24.7 Å². The number of ether oxygens (including phenoxy) is 2. The van der Waals surface area contributed by atoms with Gasteiger partial charge in [-0.15, -0.1) is 11.3 Å². The lowest BCUT2D eigenvalue weighted by atomic mass is 10.3. The van der Waals surface area contributed by atoms with Gasteiger partial charge < -0.3 is 9.47 Å². The molecule has 0 spiro atoms. The molecule has 0 saturated carbocycles. The Balaban J connectivity index is 1.48. The largest absolute Gasteiger partial charge is 0.493 e. The van der Waals surface area contributed by atoms with Crippen molar-refractivity contribution < 1.29 is 14.3 Å². The van der Waals surface area contributed by atoms with Crippen LogP contribution in [0, 0.1) is 0 Å². The summed E-state index contributed by atoms with van der Waals surface area (Å²) in [6.07, 6.45) is 1.66. The number of carbonyl (C=O) groups is 1. The number of thiazole rings is 1. The number of benzene rings is 1. The Morgan fingerprint density at radius 1 is 1.19 bits per heavy atom. The molecule has 8 heteroatoms. The van der Waals surface area contributed by atoms with Crippen molar-refractivity contribution in [2.24, 2.45) is 0 Å². The smallest absolute Gasteiger partial charge is 0.363 e. The summed E-state index contributed by atoms with van der Waals surface area (Å²) in [5.74, 6) is -0.187. The van der Waals surface area contributed by atoms with Crippen LogP contribution in [0.3, 0.4) is 0 Å². The number of rotatable bonds is 6. The molecule has 0 unspecified atom stereocenters. The van der Waals surface area contributed by atoms with Crippen LogP contribution in [0.5, 0.6) is 5.75 Å². The fraction of sp³-hybridized carbons (Fsp3) is 0.105. The van der Waals surface area contributed by atoms with E-state index < -0.39 is 5.97 Å². The van der Waals surface area contributed by atoms with Crippen LogP contribution in [0.15, 0.2) is 58.7 Å². The highest BCUT2D eigenvalue weighted by molar-refractivity contribution is 7.14. The molecule has 3 aromatic heterocycles. The summed E-state index contributed by atoms with van der Waals surface area (Å²) >= 11 is 3.14.